The summed E-state index contributed by atoms with van der Waals surface area (Å²) in [7, 11) is 11.3. The fraction of sp³-hybridized carbons (Fsp3) is 0.174. The molecule has 0 saturated carbocycles. The third-order valence-corrected chi connectivity index (χ3v) is 12.5. The van der Waals surface area contributed by atoms with Gasteiger partial charge in [-0.25, -0.2) is 0 Å². The molecular formula is C46H50Cl2S2SiZr+2. The number of halogens is 2. The molecular weight excluding hydrogens is 807 g/mol. The summed E-state index contributed by atoms with van der Waals surface area (Å²) < 4.78 is 0. The summed E-state index contributed by atoms with van der Waals surface area (Å²) in [6.07, 6.45) is 8.03. The number of fused-ring (bicyclic) bond motifs is 2. The fourth-order valence-corrected chi connectivity index (χ4v) is 9.24. The summed E-state index contributed by atoms with van der Waals surface area (Å²) in [6, 6.07) is 40.2. The van der Waals surface area contributed by atoms with Crippen LogP contribution in [0.1, 0.15) is 11.1 Å². The van der Waals surface area contributed by atoms with Gasteiger partial charge in [0.05, 0.1) is 0 Å². The van der Waals surface area contributed by atoms with Crippen LogP contribution in [-0.4, -0.2) is 32.5 Å². The SMILES string of the molecule is C=CC[S+](CC=C)c1ccc(-c2cccc3[cH-]c(C)cc23)cc1.C=CC[S+](CC=C)c1ccc(-c2cccc3[cH-]c(C)cc23)cc1.C[Si]C.[Cl][Zr+2][Cl]. The number of rotatable bonds is 12. The zero-order valence-electron chi connectivity index (χ0n) is 30.9. The second-order valence-corrected chi connectivity index (χ2v) is 21.1. The number of aryl methyl sites for hydroxylation is 2. The first-order valence-electron chi connectivity index (χ1n) is 17.1. The second kappa shape index (κ2) is 24.0. The van der Waals surface area contributed by atoms with Crippen molar-refractivity contribution >= 4 is 69.9 Å². The van der Waals surface area contributed by atoms with Crippen LogP contribution in [0.25, 0.3) is 43.8 Å². The Morgan fingerprint density at radius 3 is 1.17 bits per heavy atom. The van der Waals surface area contributed by atoms with E-state index in [0.29, 0.717) is 0 Å². The van der Waals surface area contributed by atoms with Gasteiger partial charge >= 0.3 is 37.9 Å². The van der Waals surface area contributed by atoms with Crippen LogP contribution in [0.4, 0.5) is 0 Å². The van der Waals surface area contributed by atoms with Crippen molar-refractivity contribution in [2.45, 2.75) is 36.7 Å². The molecule has 6 aromatic rings. The Balaban J connectivity index is 0.000000244. The minimum atomic E-state index is -0.826. The quantitative estimate of drug-likeness (QED) is 0.0498. The Labute approximate surface area is 340 Å². The zero-order chi connectivity index (χ0) is 37.9. The van der Waals surface area contributed by atoms with Crippen molar-refractivity contribution in [3.8, 4) is 22.3 Å². The molecule has 6 aromatic carbocycles. The minimum absolute atomic E-state index is 0.188. The van der Waals surface area contributed by atoms with Gasteiger partial charge in [0.25, 0.3) is 0 Å². The molecule has 0 aliphatic rings. The molecule has 0 unspecified atom stereocenters. The van der Waals surface area contributed by atoms with Crippen LogP contribution in [0.5, 0.6) is 0 Å². The van der Waals surface area contributed by atoms with Gasteiger partial charge in [0.15, 0.2) is 9.79 Å². The predicted molar refractivity (Wildman–Crippen MR) is 240 cm³/mol. The maximum absolute atomic E-state index is 4.93. The van der Waals surface area contributed by atoms with Crippen LogP contribution in [-0.2, 0) is 42.6 Å². The molecule has 0 aromatic heterocycles. The van der Waals surface area contributed by atoms with Crippen LogP contribution in [0.3, 0.4) is 0 Å². The summed E-state index contributed by atoms with van der Waals surface area (Å²) in [5, 5.41) is 5.33. The van der Waals surface area contributed by atoms with E-state index in [4.69, 9.17) is 17.0 Å². The molecule has 0 bridgehead atoms. The summed E-state index contributed by atoms with van der Waals surface area (Å²) in [5.74, 6) is 4.07. The number of hydrogen-bond donors (Lipinski definition) is 0. The molecule has 2 radical (unpaired) electrons. The van der Waals surface area contributed by atoms with Gasteiger partial charge in [-0.05, 0) is 59.7 Å². The van der Waals surface area contributed by atoms with E-state index in [-0.39, 0.29) is 21.8 Å². The molecule has 0 fully saturated rings. The van der Waals surface area contributed by atoms with Gasteiger partial charge in [-0.15, -0.1) is 69.1 Å². The van der Waals surface area contributed by atoms with Crippen molar-refractivity contribution in [2.75, 3.05) is 23.0 Å². The first kappa shape index (κ1) is 43.8. The van der Waals surface area contributed by atoms with Crippen molar-refractivity contribution in [2.24, 2.45) is 0 Å². The monoisotopic (exact) mass is 854 g/mol. The van der Waals surface area contributed by atoms with Crippen molar-refractivity contribution < 1.29 is 20.8 Å². The third kappa shape index (κ3) is 12.8. The van der Waals surface area contributed by atoms with Gasteiger partial charge < -0.3 is 0 Å². The number of benzene rings is 4. The molecule has 0 aliphatic heterocycles. The van der Waals surface area contributed by atoms with Gasteiger partial charge in [0.1, 0.15) is 23.0 Å². The van der Waals surface area contributed by atoms with Crippen LogP contribution in [0, 0.1) is 13.8 Å². The zero-order valence-corrected chi connectivity index (χ0v) is 37.5. The van der Waals surface area contributed by atoms with Gasteiger partial charge in [-0.1, -0.05) is 101 Å². The van der Waals surface area contributed by atoms with Gasteiger partial charge in [0, 0.05) is 31.3 Å². The number of hydrogen-bond acceptors (Lipinski definition) is 0. The van der Waals surface area contributed by atoms with Crippen LogP contribution in [0.2, 0.25) is 13.1 Å². The van der Waals surface area contributed by atoms with Gasteiger partial charge in [0.2, 0.25) is 0 Å². The molecule has 0 amide bonds. The molecule has 0 aliphatic carbocycles. The van der Waals surface area contributed by atoms with Crippen LogP contribution >= 0.6 is 17.0 Å². The van der Waals surface area contributed by atoms with E-state index >= 15 is 0 Å². The average molecular weight is 857 g/mol. The first-order valence-corrected chi connectivity index (χ1v) is 28.6. The van der Waals surface area contributed by atoms with E-state index in [0.717, 1.165) is 32.5 Å². The Morgan fingerprint density at radius 2 is 0.885 bits per heavy atom. The Kier molecular flexibility index (Phi) is 20.2. The van der Waals surface area contributed by atoms with Crippen molar-refractivity contribution in [3.63, 3.8) is 0 Å². The molecule has 0 N–H and O–H groups in total. The maximum atomic E-state index is 4.93. The van der Waals surface area contributed by atoms with Crippen molar-refractivity contribution in [1.82, 2.24) is 0 Å². The molecule has 0 nitrogen and oxygen atoms in total. The van der Waals surface area contributed by atoms with E-state index < -0.39 is 20.8 Å². The summed E-state index contributed by atoms with van der Waals surface area (Å²) in [6.45, 7) is 24.1. The van der Waals surface area contributed by atoms with E-state index in [1.807, 2.05) is 24.3 Å². The second-order valence-electron chi connectivity index (χ2n) is 12.1. The van der Waals surface area contributed by atoms with Gasteiger partial charge in [-0.2, -0.15) is 12.1 Å². The van der Waals surface area contributed by atoms with E-state index in [9.17, 15) is 0 Å². The summed E-state index contributed by atoms with van der Waals surface area (Å²) >= 11 is -0.826. The standard InChI is InChI=1S/2C22H22S.C2H6Si.2ClH.Zr/c2*1-4-13-23(14-5-2)20-11-9-18(10-12-20)21-8-6-7-19-15-17(3)16-22(19)21;1-3-2;;;/h2*4-12,15-16H,1-2,13-14H2,3H3;1-2H3;2*1H;/q;;;;;+4/p-2. The van der Waals surface area contributed by atoms with Crippen molar-refractivity contribution in [1.29, 1.82) is 0 Å². The molecule has 52 heavy (non-hydrogen) atoms. The molecule has 6 heteroatoms. The fourth-order valence-electron chi connectivity index (χ4n) is 6.02. The Bertz CT molecular complexity index is 1820. The average Bonchev–Trinajstić information content (AvgIpc) is 3.73. The molecule has 6 rings (SSSR count). The first-order chi connectivity index (χ1) is 25.3. The third-order valence-electron chi connectivity index (χ3n) is 8.06. The summed E-state index contributed by atoms with van der Waals surface area (Å²) in [4.78, 5) is 2.78. The van der Waals surface area contributed by atoms with Crippen molar-refractivity contribution in [3.05, 3.63) is 171 Å². The van der Waals surface area contributed by atoms with E-state index in [1.165, 1.54) is 64.7 Å². The molecule has 0 heterocycles. The summed E-state index contributed by atoms with van der Waals surface area (Å²) in [5.41, 5.74) is 7.84. The molecule has 0 saturated heterocycles. The van der Waals surface area contributed by atoms with E-state index in [2.05, 4.69) is 162 Å². The van der Waals surface area contributed by atoms with Crippen LogP contribution in [0.15, 0.2) is 170 Å². The predicted octanol–water partition coefficient (Wildman–Crippen LogP) is 13.9. The normalized spacial score (nSPS) is 10.3. The van der Waals surface area contributed by atoms with Gasteiger partial charge in [-0.3, -0.25) is 0 Å². The topological polar surface area (TPSA) is 0 Å². The molecule has 0 spiro atoms. The molecule has 0 atom stereocenters. The molecule has 266 valence electrons. The van der Waals surface area contributed by atoms with E-state index in [1.54, 1.807) is 0 Å². The Morgan fingerprint density at radius 1 is 0.577 bits per heavy atom. The van der Waals surface area contributed by atoms with Crippen LogP contribution < -0.4 is 0 Å². The Hall–Kier alpha value is -2.56.